The Kier molecular flexibility index (Phi) is 3.59. The molecule has 0 unspecified atom stereocenters. The molecule has 0 heterocycles. The zero-order valence-electron chi connectivity index (χ0n) is 4.79. The summed E-state index contributed by atoms with van der Waals surface area (Å²) in [6.45, 7) is 6.74. The number of halogens is 2. The number of carbonyl (C=O) groups excluding carboxylic acids is 1. The molecule has 0 fully saturated rings. The van der Waals surface area contributed by atoms with Gasteiger partial charge in [0.15, 0.2) is 0 Å². The summed E-state index contributed by atoms with van der Waals surface area (Å²) in [7, 11) is 0. The van der Waals surface area contributed by atoms with Crippen LogP contribution in [0, 0.1) is 0 Å². The quantitative estimate of drug-likeness (QED) is 0.463. The molecule has 3 heteroatoms. The van der Waals surface area contributed by atoms with Gasteiger partial charge in [-0.2, -0.15) is 0 Å². The molecule has 0 saturated heterocycles. The van der Waals surface area contributed by atoms with Crippen molar-refractivity contribution >= 4 is 28.4 Å². The lowest BCUT2D eigenvalue weighted by Crippen LogP contribution is -1.89. The summed E-state index contributed by atoms with van der Waals surface area (Å²) in [5.41, 5.74) is 0.275. The Balaban J connectivity index is 3.79. The molecule has 0 amide bonds. The van der Waals surface area contributed by atoms with Gasteiger partial charge in [-0.3, -0.25) is 4.79 Å². The minimum Gasteiger partial charge on any atom is -0.276 e. The molecule has 9 heavy (non-hydrogen) atoms. The zero-order chi connectivity index (χ0) is 7.44. The van der Waals surface area contributed by atoms with Crippen molar-refractivity contribution in [3.8, 4) is 0 Å². The van der Waals surface area contributed by atoms with Crippen molar-refractivity contribution in [2.24, 2.45) is 0 Å². The Morgan fingerprint density at radius 3 is 1.89 bits per heavy atom. The molecular weight excluding hydrogens is 159 g/mol. The van der Waals surface area contributed by atoms with Gasteiger partial charge in [-0.25, -0.2) is 0 Å². The van der Waals surface area contributed by atoms with E-state index in [1.54, 1.807) is 0 Å². The molecule has 0 aromatic heterocycles. The second kappa shape index (κ2) is 3.70. The van der Waals surface area contributed by atoms with E-state index >= 15 is 0 Å². The first kappa shape index (κ1) is 8.73. The van der Waals surface area contributed by atoms with Crippen LogP contribution in [-0.2, 0) is 4.79 Å². The van der Waals surface area contributed by atoms with Crippen LogP contribution >= 0.6 is 23.2 Å². The Morgan fingerprint density at radius 1 is 1.33 bits per heavy atom. The van der Waals surface area contributed by atoms with Crippen LogP contribution in [0.5, 0.6) is 0 Å². The van der Waals surface area contributed by atoms with E-state index in [9.17, 15) is 4.79 Å². The average molecular weight is 165 g/mol. The van der Waals surface area contributed by atoms with Gasteiger partial charge >= 0.3 is 0 Å². The number of allylic oxidation sites excluding steroid dienone is 2. The topological polar surface area (TPSA) is 17.1 Å². The summed E-state index contributed by atoms with van der Waals surface area (Å²) >= 11 is 10.4. The molecule has 50 valence electrons. The Bertz CT molecular complexity index is 160. The zero-order valence-corrected chi connectivity index (χ0v) is 6.30. The maximum absolute atomic E-state index is 10.2. The Labute approximate surface area is 64.0 Å². The summed E-state index contributed by atoms with van der Waals surface area (Å²) in [4.78, 5) is 10.2. The molecular formula is C6H6Cl2O. The maximum atomic E-state index is 10.2. The van der Waals surface area contributed by atoms with Crippen LogP contribution in [0.1, 0.15) is 6.42 Å². The number of hydrogen-bond donors (Lipinski definition) is 0. The van der Waals surface area contributed by atoms with Gasteiger partial charge in [0.05, 0.1) is 0 Å². The van der Waals surface area contributed by atoms with Crippen molar-refractivity contribution < 1.29 is 4.79 Å². The van der Waals surface area contributed by atoms with Gasteiger partial charge in [-0.1, -0.05) is 24.8 Å². The summed E-state index contributed by atoms with van der Waals surface area (Å²) in [5.74, 6) is 0. The highest BCUT2D eigenvalue weighted by atomic mass is 35.5. The molecule has 0 bridgehead atoms. The highest BCUT2D eigenvalue weighted by Gasteiger charge is 2.02. The molecule has 0 aliphatic carbocycles. The first-order valence-electron chi connectivity index (χ1n) is 2.25. The Hall–Kier alpha value is -0.270. The van der Waals surface area contributed by atoms with Gasteiger partial charge in [0.1, 0.15) is 0 Å². The van der Waals surface area contributed by atoms with Gasteiger partial charge in [0.2, 0.25) is 5.24 Å². The van der Waals surface area contributed by atoms with Gasteiger partial charge < -0.3 is 0 Å². The fourth-order valence-corrected chi connectivity index (χ4v) is 0.529. The van der Waals surface area contributed by atoms with E-state index < -0.39 is 5.24 Å². The predicted octanol–water partition coefficient (Wildman–Crippen LogP) is 2.45. The maximum Gasteiger partial charge on any atom is 0.248 e. The first-order chi connectivity index (χ1) is 4.04. The monoisotopic (exact) mass is 164 g/mol. The van der Waals surface area contributed by atoms with Crippen molar-refractivity contribution in [2.75, 3.05) is 0 Å². The van der Waals surface area contributed by atoms with E-state index in [1.807, 2.05) is 0 Å². The molecule has 0 atom stereocenters. The molecule has 0 radical (unpaired) electrons. The third-order valence-corrected chi connectivity index (χ3v) is 1.08. The highest BCUT2D eigenvalue weighted by molar-refractivity contribution is 6.67. The standard InChI is InChI=1S/C6H6Cl2O/c1-4(6(8)9)3-5(2)7/h1-3H2. The molecule has 0 rings (SSSR count). The van der Waals surface area contributed by atoms with E-state index in [0.717, 1.165) is 0 Å². The first-order valence-corrected chi connectivity index (χ1v) is 3.00. The molecule has 0 spiro atoms. The smallest absolute Gasteiger partial charge is 0.248 e. The molecule has 0 N–H and O–H groups in total. The fourth-order valence-electron chi connectivity index (χ4n) is 0.301. The van der Waals surface area contributed by atoms with Crippen LogP contribution in [0.25, 0.3) is 0 Å². The summed E-state index contributed by atoms with van der Waals surface area (Å²) in [5, 5.41) is -0.189. The van der Waals surface area contributed by atoms with Crippen molar-refractivity contribution in [3.05, 3.63) is 23.8 Å². The lowest BCUT2D eigenvalue weighted by atomic mass is 10.2. The second-order valence-electron chi connectivity index (χ2n) is 1.57. The number of hydrogen-bond acceptors (Lipinski definition) is 1. The van der Waals surface area contributed by atoms with Crippen molar-refractivity contribution in [1.29, 1.82) is 0 Å². The SMILES string of the molecule is C=C(Cl)CC(=C)C(=O)Cl. The lowest BCUT2D eigenvalue weighted by molar-refractivity contribution is -0.108. The van der Waals surface area contributed by atoms with E-state index in [4.69, 9.17) is 23.2 Å². The molecule has 0 saturated carbocycles. The average Bonchev–Trinajstić information content (AvgIpc) is 1.63. The van der Waals surface area contributed by atoms with Crippen LogP contribution in [-0.4, -0.2) is 5.24 Å². The van der Waals surface area contributed by atoms with Gasteiger partial charge in [0.25, 0.3) is 0 Å². The predicted molar refractivity (Wildman–Crippen MR) is 39.6 cm³/mol. The van der Waals surface area contributed by atoms with Gasteiger partial charge in [-0.15, -0.1) is 0 Å². The minimum absolute atomic E-state index is 0.268. The third kappa shape index (κ3) is 4.25. The van der Waals surface area contributed by atoms with E-state index in [1.165, 1.54) is 0 Å². The van der Waals surface area contributed by atoms with Crippen molar-refractivity contribution in [1.82, 2.24) is 0 Å². The molecule has 0 aliphatic heterocycles. The van der Waals surface area contributed by atoms with E-state index in [2.05, 4.69) is 13.2 Å². The van der Waals surface area contributed by atoms with Crippen LogP contribution in [0.4, 0.5) is 0 Å². The molecule has 1 nitrogen and oxygen atoms in total. The highest BCUT2D eigenvalue weighted by Crippen LogP contribution is 2.12. The largest absolute Gasteiger partial charge is 0.276 e. The van der Waals surface area contributed by atoms with Crippen LogP contribution in [0.15, 0.2) is 23.8 Å². The fraction of sp³-hybridized carbons (Fsp3) is 0.167. The second-order valence-corrected chi connectivity index (χ2v) is 2.45. The normalized spacial score (nSPS) is 8.67. The van der Waals surface area contributed by atoms with E-state index in [-0.39, 0.29) is 12.0 Å². The van der Waals surface area contributed by atoms with Crippen molar-refractivity contribution in [3.63, 3.8) is 0 Å². The lowest BCUT2D eigenvalue weighted by Gasteiger charge is -1.93. The number of carbonyl (C=O) groups is 1. The minimum atomic E-state index is -0.559. The van der Waals surface area contributed by atoms with Gasteiger partial charge in [0, 0.05) is 17.0 Å². The summed E-state index contributed by atoms with van der Waals surface area (Å²) in [6, 6.07) is 0. The molecule has 0 aromatic rings. The summed E-state index contributed by atoms with van der Waals surface area (Å²) < 4.78 is 0. The third-order valence-electron chi connectivity index (χ3n) is 0.683. The Morgan fingerprint density at radius 2 is 1.78 bits per heavy atom. The van der Waals surface area contributed by atoms with Crippen LogP contribution < -0.4 is 0 Å². The molecule has 0 aromatic carbocycles. The van der Waals surface area contributed by atoms with Crippen LogP contribution in [0.2, 0.25) is 0 Å². The van der Waals surface area contributed by atoms with Crippen LogP contribution in [0.3, 0.4) is 0 Å². The molecule has 0 aliphatic rings. The van der Waals surface area contributed by atoms with Gasteiger partial charge in [-0.05, 0) is 11.6 Å². The number of rotatable bonds is 3. The van der Waals surface area contributed by atoms with Crippen molar-refractivity contribution in [2.45, 2.75) is 6.42 Å². The van der Waals surface area contributed by atoms with E-state index in [0.29, 0.717) is 5.03 Å². The summed E-state index contributed by atoms with van der Waals surface area (Å²) in [6.07, 6.45) is 0.268.